The minimum Gasteiger partial charge on any atom is -0.393 e. The van der Waals surface area contributed by atoms with Gasteiger partial charge in [-0.1, -0.05) is 11.6 Å². The van der Waals surface area contributed by atoms with Crippen LogP contribution in [0.4, 0.5) is 21.8 Å². The summed E-state index contributed by atoms with van der Waals surface area (Å²) in [7, 11) is 0. The number of rotatable bonds is 5. The molecule has 0 unspecified atom stereocenters. The van der Waals surface area contributed by atoms with Gasteiger partial charge in [0, 0.05) is 29.8 Å². The molecule has 0 atom stereocenters. The van der Waals surface area contributed by atoms with Gasteiger partial charge in [-0.2, -0.15) is 10.4 Å². The Morgan fingerprint density at radius 2 is 1.88 bits per heavy atom. The zero-order valence-corrected chi connectivity index (χ0v) is 17.3. The van der Waals surface area contributed by atoms with Gasteiger partial charge in [-0.3, -0.25) is 0 Å². The van der Waals surface area contributed by atoms with Crippen LogP contribution in [0, 0.1) is 17.1 Å². The first-order chi connectivity index (χ1) is 15.5. The minimum atomic E-state index is -0.655. The monoisotopic (exact) mass is 450 g/mol. The zero-order valence-electron chi connectivity index (χ0n) is 16.5. The molecule has 9 nitrogen and oxygen atoms in total. The van der Waals surface area contributed by atoms with Gasteiger partial charge in [0.1, 0.15) is 29.5 Å². The lowest BCUT2D eigenvalue weighted by molar-refractivity contribution is 0.0835. The van der Waals surface area contributed by atoms with Crippen LogP contribution in [0.1, 0.15) is 18.4 Å². The summed E-state index contributed by atoms with van der Waals surface area (Å²) >= 11 is 6.24. The Hall–Kier alpha value is -3.81. The standard InChI is InChI=1S/C21H16ClFN8O/c22-15-1-11(7-24)2-16(23)21(15)31-17-5-18(25-8-12(17)9-28-31)30-20-6-19(26-10-27-20)29-13-3-14(32)4-13/h1-2,5-6,8-10,13-14,32H,3-4H2,(H2,25,26,27,29,30). The highest BCUT2D eigenvalue weighted by Gasteiger charge is 2.27. The smallest absolute Gasteiger partial charge is 0.151 e. The van der Waals surface area contributed by atoms with E-state index in [0.717, 1.165) is 6.07 Å². The number of aromatic nitrogens is 5. The molecule has 1 aromatic carbocycles. The SMILES string of the molecule is N#Cc1cc(F)c(-n2ncc3cnc(Nc4cc(NC5CC(O)C5)ncn4)cc32)c(Cl)c1. The van der Waals surface area contributed by atoms with Crippen LogP contribution in [-0.4, -0.2) is 42.0 Å². The second-order valence-corrected chi connectivity index (χ2v) is 7.87. The number of benzene rings is 1. The summed E-state index contributed by atoms with van der Waals surface area (Å²) in [6, 6.07) is 8.01. The highest BCUT2D eigenvalue weighted by atomic mass is 35.5. The summed E-state index contributed by atoms with van der Waals surface area (Å²) in [5, 5.41) is 29.8. The highest BCUT2D eigenvalue weighted by molar-refractivity contribution is 6.32. The van der Waals surface area contributed by atoms with Gasteiger partial charge < -0.3 is 15.7 Å². The summed E-state index contributed by atoms with van der Waals surface area (Å²) in [5.41, 5.74) is 0.749. The maximum Gasteiger partial charge on any atom is 0.151 e. The third-order valence-corrected chi connectivity index (χ3v) is 5.49. The molecule has 5 rings (SSSR count). The number of pyridine rings is 1. The van der Waals surface area contributed by atoms with E-state index in [0.29, 0.717) is 41.2 Å². The van der Waals surface area contributed by atoms with Crippen LogP contribution in [0.25, 0.3) is 16.6 Å². The maximum absolute atomic E-state index is 14.7. The molecule has 4 aromatic rings. The van der Waals surface area contributed by atoms with Crippen LogP contribution in [0.15, 0.2) is 43.0 Å². The molecule has 0 bridgehead atoms. The van der Waals surface area contributed by atoms with Gasteiger partial charge in [-0.25, -0.2) is 24.0 Å². The Morgan fingerprint density at radius 3 is 2.62 bits per heavy atom. The largest absolute Gasteiger partial charge is 0.393 e. The van der Waals surface area contributed by atoms with Gasteiger partial charge in [0.15, 0.2) is 5.82 Å². The number of nitrogens with one attached hydrogen (secondary N) is 2. The molecule has 0 radical (unpaired) electrons. The lowest BCUT2D eigenvalue weighted by Crippen LogP contribution is -2.39. The van der Waals surface area contributed by atoms with E-state index in [2.05, 4.69) is 30.7 Å². The number of aliphatic hydroxyl groups is 1. The molecule has 0 aliphatic heterocycles. The van der Waals surface area contributed by atoms with E-state index in [1.54, 1.807) is 24.5 Å². The highest BCUT2D eigenvalue weighted by Crippen LogP contribution is 2.29. The molecular formula is C21H16ClFN8O. The lowest BCUT2D eigenvalue weighted by Gasteiger charge is -2.32. The number of aliphatic hydroxyl groups excluding tert-OH is 1. The van der Waals surface area contributed by atoms with E-state index in [9.17, 15) is 9.50 Å². The lowest BCUT2D eigenvalue weighted by atomic mass is 9.89. The first-order valence-corrected chi connectivity index (χ1v) is 10.1. The van der Waals surface area contributed by atoms with Crippen molar-refractivity contribution in [2.24, 2.45) is 0 Å². The molecular weight excluding hydrogens is 435 g/mol. The van der Waals surface area contributed by atoms with Crippen LogP contribution < -0.4 is 10.6 Å². The third-order valence-electron chi connectivity index (χ3n) is 5.20. The van der Waals surface area contributed by atoms with Crippen LogP contribution in [0.2, 0.25) is 5.02 Å². The molecule has 1 saturated carbocycles. The Bertz CT molecular complexity index is 1340. The number of halogens is 2. The van der Waals surface area contributed by atoms with Crippen LogP contribution in [0.5, 0.6) is 0 Å². The van der Waals surface area contributed by atoms with Gasteiger partial charge in [-0.15, -0.1) is 0 Å². The van der Waals surface area contributed by atoms with Crippen molar-refractivity contribution >= 4 is 40.0 Å². The summed E-state index contributed by atoms with van der Waals surface area (Å²) in [4.78, 5) is 12.8. The second-order valence-electron chi connectivity index (χ2n) is 7.47. The molecule has 0 spiro atoms. The van der Waals surface area contributed by atoms with Crippen molar-refractivity contribution in [3.8, 4) is 11.8 Å². The first kappa shape index (κ1) is 20.1. The van der Waals surface area contributed by atoms with E-state index in [-0.39, 0.29) is 28.4 Å². The normalized spacial score (nSPS) is 17.6. The van der Waals surface area contributed by atoms with Crippen molar-refractivity contribution < 1.29 is 9.50 Å². The van der Waals surface area contributed by atoms with Gasteiger partial charge in [0.25, 0.3) is 0 Å². The minimum absolute atomic E-state index is 0.0500. The fraction of sp³-hybridized carbons (Fsp3) is 0.190. The number of hydrogen-bond acceptors (Lipinski definition) is 8. The Labute approximate surface area is 186 Å². The van der Waals surface area contributed by atoms with Gasteiger partial charge in [0.2, 0.25) is 0 Å². The summed E-state index contributed by atoms with van der Waals surface area (Å²) < 4.78 is 16.0. The molecule has 0 saturated heterocycles. The van der Waals surface area contributed by atoms with Crippen LogP contribution >= 0.6 is 11.6 Å². The van der Waals surface area contributed by atoms with E-state index >= 15 is 0 Å². The molecule has 32 heavy (non-hydrogen) atoms. The number of nitrogens with zero attached hydrogens (tertiary/aromatic N) is 6. The predicted octanol–water partition coefficient (Wildman–Crippen LogP) is 3.55. The van der Waals surface area contributed by atoms with Crippen molar-refractivity contribution in [1.82, 2.24) is 24.7 Å². The molecule has 1 aliphatic carbocycles. The van der Waals surface area contributed by atoms with E-state index < -0.39 is 5.82 Å². The van der Waals surface area contributed by atoms with Crippen molar-refractivity contribution in [3.05, 3.63) is 59.4 Å². The average molecular weight is 451 g/mol. The Morgan fingerprint density at radius 1 is 1.09 bits per heavy atom. The Balaban J connectivity index is 1.44. The topological polar surface area (TPSA) is 125 Å². The predicted molar refractivity (Wildman–Crippen MR) is 117 cm³/mol. The number of fused-ring (bicyclic) bond motifs is 1. The molecule has 160 valence electrons. The molecule has 3 N–H and O–H groups in total. The number of anilines is 3. The number of nitriles is 1. The molecule has 1 fully saturated rings. The van der Waals surface area contributed by atoms with Crippen molar-refractivity contribution in [2.45, 2.75) is 25.0 Å². The fourth-order valence-corrected chi connectivity index (χ4v) is 3.84. The van der Waals surface area contributed by atoms with Crippen LogP contribution in [-0.2, 0) is 0 Å². The molecule has 0 amide bonds. The second kappa shape index (κ2) is 8.03. The fourth-order valence-electron chi connectivity index (χ4n) is 3.55. The summed E-state index contributed by atoms with van der Waals surface area (Å²) in [6.45, 7) is 0. The van der Waals surface area contributed by atoms with Crippen molar-refractivity contribution in [2.75, 3.05) is 10.6 Å². The van der Waals surface area contributed by atoms with E-state index in [1.807, 2.05) is 6.07 Å². The van der Waals surface area contributed by atoms with E-state index in [4.69, 9.17) is 16.9 Å². The third kappa shape index (κ3) is 3.79. The molecule has 11 heteroatoms. The summed E-state index contributed by atoms with van der Waals surface area (Å²) in [6.07, 6.45) is 5.69. The zero-order chi connectivity index (χ0) is 22.2. The molecule has 3 aromatic heterocycles. The molecule has 3 heterocycles. The average Bonchev–Trinajstić information content (AvgIpc) is 3.15. The van der Waals surface area contributed by atoms with Gasteiger partial charge in [0.05, 0.1) is 34.5 Å². The Kier molecular flexibility index (Phi) is 5.05. The quantitative estimate of drug-likeness (QED) is 0.421. The van der Waals surface area contributed by atoms with Crippen molar-refractivity contribution in [3.63, 3.8) is 0 Å². The first-order valence-electron chi connectivity index (χ1n) is 9.77. The van der Waals surface area contributed by atoms with Gasteiger partial charge >= 0.3 is 0 Å². The maximum atomic E-state index is 14.7. The van der Waals surface area contributed by atoms with Crippen LogP contribution in [0.3, 0.4) is 0 Å². The van der Waals surface area contributed by atoms with Gasteiger partial charge in [-0.05, 0) is 25.0 Å². The molecule has 1 aliphatic rings. The van der Waals surface area contributed by atoms with Crippen molar-refractivity contribution in [1.29, 1.82) is 5.26 Å². The number of hydrogen-bond donors (Lipinski definition) is 3. The van der Waals surface area contributed by atoms with E-state index in [1.165, 1.54) is 17.1 Å². The summed E-state index contributed by atoms with van der Waals surface area (Å²) in [5.74, 6) is 0.964.